The molecule has 10 atom stereocenters. The number of nitrogens with one attached hydrogen (secondary N) is 3. The fourth-order valence-electron chi connectivity index (χ4n) is 13.1. The van der Waals surface area contributed by atoms with E-state index in [1.54, 1.807) is 113 Å². The van der Waals surface area contributed by atoms with E-state index in [2.05, 4.69) is 93.6 Å². The summed E-state index contributed by atoms with van der Waals surface area (Å²) in [5.74, 6) is -2.90. The number of halogens is 2. The standard InChI is InChI=1S/C44H58FN3O6SSi.C36H49FN2O6Si.C8H11NOS/c1-43(2,3)53-42(51)47-35(24-28-14-16-29(17-15-28)31-18-21-39(52-7)46-27-31)37(54-56(8,9)44(4,5)6)26-32(25-30-12-10-11-13-34(30)45)41(50)48-40-33-22-23-55-38(33)20-19-36(40)49;1-35(2,3)44-34(42)39-30(20-24-14-16-25(17-15-24)27-18-19-32(43-7)38-23-27)31(45-46(8,9)36(4,5)6)22-28(33(40)41)21-26-12-10-11-13-29(26)37;9-8-5-3-4-11-7(5)2-1-6(8)10/h10-18,21-23,27,32,35-37,40,49H,19-20,24-26H2,1-9H3,(H,47,51)(H,48,50);10-19,23,28,30-31H,20-22H2,1-9H3,(H,39,42)(H,40,41);3-4,6,8,10H,1-2,9H2/t32-,35+,36-,37+,40+;28-,30+,31+;6-,8+/m111/s1. The number of fused-ring (bicyclic) bond motifs is 2. The SMILES string of the molecule is COc1ccc(-c2ccc(C[C@H](NC(=O)OC(C)(C)C)[C@H](C[C@@H](Cc3ccccc3F)C(=O)N[C@H]3c4ccsc4CC[C@H]3O)O[Si](C)(C)C(C)(C)C)cc2)cn1.COc1ccc(-c2ccc(C[C@H](NC(=O)OC(C)(C)C)[C@H](C[C@@H](Cc3ccccc3F)C(=O)O)O[Si](C)(C)C(C)(C)C)cc2)cn1.N[C@H]1c2ccsc2CC[C@H]1O. The number of hydrogen-bond donors (Lipinski definition) is 7. The first kappa shape index (κ1) is 90.3. The van der Waals surface area contributed by atoms with Crippen molar-refractivity contribution in [3.8, 4) is 34.0 Å². The Morgan fingerprint density at radius 1 is 0.531 bits per heavy atom. The van der Waals surface area contributed by atoms with Crippen LogP contribution in [0.2, 0.25) is 36.3 Å². The van der Waals surface area contributed by atoms with Crippen LogP contribution in [0.5, 0.6) is 11.8 Å². The third-order valence-electron chi connectivity index (χ3n) is 21.5. The molecule has 3 amide bonds. The van der Waals surface area contributed by atoms with Crippen molar-refractivity contribution < 1.29 is 71.1 Å². The maximum Gasteiger partial charge on any atom is 0.407 e. The van der Waals surface area contributed by atoms with E-state index in [1.807, 2.05) is 110 Å². The number of nitrogens with two attached hydrogens (primary N) is 1. The first-order valence-corrected chi connectivity index (χ1v) is 46.4. The van der Waals surface area contributed by atoms with E-state index in [9.17, 15) is 38.9 Å². The van der Waals surface area contributed by atoms with Crippen LogP contribution in [-0.4, -0.2) is 128 Å². The number of carboxylic acid groups (broad SMARTS) is 1. The molecule has 612 valence electrons. The molecule has 4 aromatic heterocycles. The average Bonchev–Trinajstić information content (AvgIpc) is 1.76. The highest BCUT2D eigenvalue weighted by atomic mass is 32.1. The Bertz CT molecular complexity index is 4390. The zero-order valence-corrected chi connectivity index (χ0v) is 72.5. The number of carboxylic acids is 1. The Morgan fingerprint density at radius 3 is 1.31 bits per heavy atom. The maximum absolute atomic E-state index is 15.3. The van der Waals surface area contributed by atoms with Crippen LogP contribution in [0.1, 0.15) is 164 Å². The maximum atomic E-state index is 15.3. The minimum absolute atomic E-state index is 0.0108. The van der Waals surface area contributed by atoms with Gasteiger partial charge >= 0.3 is 18.2 Å². The molecule has 8 aromatic rings. The lowest BCUT2D eigenvalue weighted by molar-refractivity contribution is -0.142. The molecule has 8 N–H and O–H groups in total. The third-order valence-corrected chi connectivity index (χ3v) is 32.5. The first-order valence-electron chi connectivity index (χ1n) is 38.8. The molecule has 0 aliphatic heterocycles. The van der Waals surface area contributed by atoms with Crippen molar-refractivity contribution in [3.63, 3.8) is 0 Å². The summed E-state index contributed by atoms with van der Waals surface area (Å²) in [7, 11) is -1.90. The van der Waals surface area contributed by atoms with E-state index >= 15 is 4.39 Å². The minimum Gasteiger partial charge on any atom is -0.481 e. The van der Waals surface area contributed by atoms with E-state index in [4.69, 9.17) is 33.5 Å². The van der Waals surface area contributed by atoms with E-state index in [0.29, 0.717) is 42.1 Å². The molecule has 0 bridgehead atoms. The Kier molecular flexibility index (Phi) is 31.5. The summed E-state index contributed by atoms with van der Waals surface area (Å²) >= 11 is 3.36. The van der Waals surface area contributed by atoms with Crippen molar-refractivity contribution in [2.24, 2.45) is 17.6 Å². The second-order valence-corrected chi connectivity index (χ2v) is 46.0. The lowest BCUT2D eigenvalue weighted by Gasteiger charge is -2.42. The molecule has 0 saturated carbocycles. The quantitative estimate of drug-likeness (QED) is 0.0236. The van der Waals surface area contributed by atoms with Gasteiger partial charge in [-0.15, -0.1) is 22.7 Å². The van der Waals surface area contributed by atoms with Gasteiger partial charge in [-0.1, -0.05) is 126 Å². The van der Waals surface area contributed by atoms with E-state index in [1.165, 1.54) is 17.0 Å². The molecule has 0 radical (unpaired) electrons. The largest absolute Gasteiger partial charge is 0.481 e. The second-order valence-electron chi connectivity index (χ2n) is 34.4. The molecule has 0 fully saturated rings. The number of alkyl carbamates (subject to hydrolysis) is 2. The van der Waals surface area contributed by atoms with Crippen molar-refractivity contribution in [3.05, 3.63) is 211 Å². The smallest absolute Gasteiger partial charge is 0.407 e. The molecule has 19 nitrogen and oxygen atoms in total. The number of benzene rings is 4. The van der Waals surface area contributed by atoms with Gasteiger partial charge < -0.3 is 64.8 Å². The number of hydrogen-bond acceptors (Lipinski definition) is 17. The lowest BCUT2D eigenvalue weighted by Crippen LogP contribution is -2.54. The van der Waals surface area contributed by atoms with Gasteiger partial charge in [-0.3, -0.25) is 9.59 Å². The minimum atomic E-state index is -2.56. The lowest BCUT2D eigenvalue weighted by atomic mass is 9.86. The number of aliphatic hydroxyl groups excluding tert-OH is 2. The number of carbonyl (C=O) groups is 4. The zero-order chi connectivity index (χ0) is 83.0. The van der Waals surface area contributed by atoms with Crippen LogP contribution in [0.4, 0.5) is 18.4 Å². The second kappa shape index (κ2) is 39.4. The Labute approximate surface area is 676 Å². The zero-order valence-electron chi connectivity index (χ0n) is 68.8. The fraction of sp³-hybridized carbons (Fsp3) is 0.477. The van der Waals surface area contributed by atoms with Gasteiger partial charge in [-0.05, 0) is 234 Å². The number of amides is 3. The molecule has 25 heteroatoms. The molecule has 0 saturated heterocycles. The molecule has 0 unspecified atom stereocenters. The number of rotatable bonds is 27. The highest BCUT2D eigenvalue weighted by Crippen LogP contribution is 2.42. The molecular formula is C88H118F2N6O13S2Si2. The number of thiophene rings is 2. The van der Waals surface area contributed by atoms with E-state index in [0.717, 1.165) is 68.6 Å². The van der Waals surface area contributed by atoms with Gasteiger partial charge in [-0.25, -0.2) is 28.3 Å². The van der Waals surface area contributed by atoms with Crippen molar-refractivity contribution >= 4 is 63.4 Å². The van der Waals surface area contributed by atoms with Crippen LogP contribution in [0.25, 0.3) is 22.3 Å². The highest BCUT2D eigenvalue weighted by molar-refractivity contribution is 7.10. The van der Waals surface area contributed by atoms with Gasteiger partial charge in [0.15, 0.2) is 16.6 Å². The van der Waals surface area contributed by atoms with Crippen molar-refractivity contribution in [2.75, 3.05) is 14.2 Å². The van der Waals surface area contributed by atoms with Gasteiger partial charge in [0.05, 0.1) is 68.7 Å². The molecular weight excluding hydrogens is 1510 g/mol. The van der Waals surface area contributed by atoms with Crippen molar-refractivity contribution in [1.82, 2.24) is 25.9 Å². The highest BCUT2D eigenvalue weighted by Gasteiger charge is 2.45. The fourth-order valence-corrected chi connectivity index (χ4v) is 17.7. The number of aliphatic hydroxyl groups is 2. The van der Waals surface area contributed by atoms with Crippen LogP contribution < -0.4 is 31.2 Å². The molecule has 0 spiro atoms. The molecule has 4 heterocycles. The topological polar surface area (TPSA) is 272 Å². The molecule has 2 aliphatic carbocycles. The number of aryl methyl sites for hydroxylation is 2. The van der Waals surface area contributed by atoms with Gasteiger partial charge in [0, 0.05) is 51.3 Å². The Morgan fingerprint density at radius 2 is 0.920 bits per heavy atom. The summed E-state index contributed by atoms with van der Waals surface area (Å²) in [5, 5.41) is 43.8. The monoisotopic (exact) mass is 1620 g/mol. The number of ether oxygens (including phenoxy) is 4. The van der Waals surface area contributed by atoms with Crippen molar-refractivity contribution in [2.45, 2.75) is 243 Å². The molecule has 4 aromatic carbocycles. The normalized spacial score (nSPS) is 17.4. The summed E-state index contributed by atoms with van der Waals surface area (Å²) in [6.07, 6.45) is 3.93. The number of methoxy groups -OCH3 is 2. The van der Waals surface area contributed by atoms with Gasteiger partial charge in [0.2, 0.25) is 17.7 Å². The Balaban J connectivity index is 0.000000252. The molecule has 10 rings (SSSR count). The number of carbonyl (C=O) groups excluding carboxylic acids is 3. The van der Waals surface area contributed by atoms with Gasteiger partial charge in [-0.2, -0.15) is 0 Å². The number of pyridine rings is 2. The Hall–Kier alpha value is -8.25. The molecule has 2 aliphatic rings. The predicted octanol–water partition coefficient (Wildman–Crippen LogP) is 18.3. The van der Waals surface area contributed by atoms with Crippen LogP contribution in [-0.2, 0) is 66.4 Å². The average molecular weight is 1630 g/mol. The summed E-state index contributed by atoms with van der Waals surface area (Å²) in [5.41, 5.74) is 12.7. The van der Waals surface area contributed by atoms with E-state index < -0.39 is 106 Å². The van der Waals surface area contributed by atoms with Crippen LogP contribution in [0, 0.1) is 23.5 Å². The van der Waals surface area contributed by atoms with Crippen molar-refractivity contribution in [1.29, 1.82) is 0 Å². The number of aromatic nitrogens is 2. The number of aliphatic carboxylic acids is 1. The summed E-state index contributed by atoms with van der Waals surface area (Å²) in [4.78, 5) is 65.2. The number of nitrogens with zero attached hydrogens (tertiary/aromatic N) is 2. The molecule has 113 heavy (non-hydrogen) atoms. The third kappa shape index (κ3) is 26.4. The van der Waals surface area contributed by atoms with Gasteiger partial charge in [0.1, 0.15) is 22.8 Å². The summed E-state index contributed by atoms with van der Waals surface area (Å²) in [6.45, 7) is 32.0. The van der Waals surface area contributed by atoms with Crippen LogP contribution >= 0.6 is 22.7 Å². The van der Waals surface area contributed by atoms with E-state index in [-0.39, 0.29) is 53.8 Å². The summed E-state index contributed by atoms with van der Waals surface area (Å²) < 4.78 is 65.9. The van der Waals surface area contributed by atoms with Gasteiger partial charge in [0.25, 0.3) is 0 Å². The predicted molar refractivity (Wildman–Crippen MR) is 449 cm³/mol. The van der Waals surface area contributed by atoms with Crippen LogP contribution in [0.3, 0.4) is 0 Å². The summed E-state index contributed by atoms with van der Waals surface area (Å²) in [6, 6.07) is 38.1. The van der Waals surface area contributed by atoms with Crippen LogP contribution in [0.15, 0.2) is 157 Å². The first-order chi connectivity index (χ1) is 53.0.